The second-order valence-electron chi connectivity index (χ2n) is 8.13. The van der Waals surface area contributed by atoms with E-state index in [2.05, 4.69) is 0 Å². The van der Waals surface area contributed by atoms with Crippen molar-refractivity contribution in [3.63, 3.8) is 0 Å². The summed E-state index contributed by atoms with van der Waals surface area (Å²) in [5.41, 5.74) is 8.91. The van der Waals surface area contributed by atoms with Crippen LogP contribution in [0.5, 0.6) is 5.75 Å². The summed E-state index contributed by atoms with van der Waals surface area (Å²) in [6.07, 6.45) is 0.633. The fraction of sp³-hybridized carbons (Fsp3) is 0.391. The van der Waals surface area contributed by atoms with Gasteiger partial charge in [0.2, 0.25) is 11.8 Å². The highest BCUT2D eigenvalue weighted by molar-refractivity contribution is 6.05. The second kappa shape index (κ2) is 7.52. The molecule has 3 atom stereocenters. The fourth-order valence-corrected chi connectivity index (χ4v) is 4.30. The number of hydrogen-bond acceptors (Lipinski definition) is 4. The number of nitrogens with zero attached hydrogens (tertiary/aromatic N) is 2. The van der Waals surface area contributed by atoms with Gasteiger partial charge in [-0.05, 0) is 35.6 Å². The Hall–Kier alpha value is -2.86. The monoisotopic (exact) mass is 393 g/mol. The third-order valence-corrected chi connectivity index (χ3v) is 6.00. The van der Waals surface area contributed by atoms with Crippen LogP contribution in [0.2, 0.25) is 0 Å². The summed E-state index contributed by atoms with van der Waals surface area (Å²) in [5.74, 6) is 0.498. The van der Waals surface area contributed by atoms with Gasteiger partial charge in [0.15, 0.2) is 0 Å². The highest BCUT2D eigenvalue weighted by atomic mass is 16.5. The topological polar surface area (TPSA) is 75.9 Å². The molecule has 2 saturated heterocycles. The van der Waals surface area contributed by atoms with Gasteiger partial charge in [0, 0.05) is 6.54 Å². The molecular formula is C23H27N3O3. The summed E-state index contributed by atoms with van der Waals surface area (Å²) >= 11 is 0. The SMILES string of the molecule is COc1ccc(-c2ccccc2)cc1N1C(=O)[C@@H]2C[C@H]1CN2C(=O)[C@H](N)C(C)C. The molecule has 2 aromatic rings. The van der Waals surface area contributed by atoms with Crippen LogP contribution in [0.1, 0.15) is 20.3 Å². The van der Waals surface area contributed by atoms with Crippen LogP contribution in [0.3, 0.4) is 0 Å². The first-order valence-corrected chi connectivity index (χ1v) is 10.0. The Kier molecular flexibility index (Phi) is 5.04. The number of amides is 2. The summed E-state index contributed by atoms with van der Waals surface area (Å²) in [6, 6.07) is 14.8. The van der Waals surface area contributed by atoms with Crippen LogP contribution in [-0.4, -0.2) is 48.5 Å². The zero-order chi connectivity index (χ0) is 20.7. The zero-order valence-corrected chi connectivity index (χ0v) is 17.0. The molecule has 152 valence electrons. The van der Waals surface area contributed by atoms with E-state index in [1.807, 2.05) is 62.4 Å². The second-order valence-corrected chi connectivity index (χ2v) is 8.13. The predicted octanol–water partition coefficient (Wildman–Crippen LogP) is 2.66. The Morgan fingerprint density at radius 3 is 2.48 bits per heavy atom. The van der Waals surface area contributed by atoms with E-state index in [1.165, 1.54) is 0 Å². The standard InChI is InChI=1S/C23H27N3O3/c1-14(2)21(24)23(28)25-13-17-12-19(25)22(27)26(17)18-11-16(9-10-20(18)29-3)15-7-5-4-6-8-15/h4-11,14,17,19,21H,12-13,24H2,1-3H3/t17-,19-,21+/m0/s1. The average Bonchev–Trinajstić information content (AvgIpc) is 3.31. The van der Waals surface area contributed by atoms with Crippen LogP contribution in [-0.2, 0) is 9.59 Å². The first kappa shape index (κ1) is 19.5. The van der Waals surface area contributed by atoms with Crippen molar-refractivity contribution in [1.29, 1.82) is 0 Å². The lowest BCUT2D eigenvalue weighted by Crippen LogP contribution is -2.57. The number of anilines is 1. The van der Waals surface area contributed by atoms with Crippen molar-refractivity contribution < 1.29 is 14.3 Å². The van der Waals surface area contributed by atoms with Gasteiger partial charge in [-0.15, -0.1) is 0 Å². The molecule has 0 aromatic heterocycles. The van der Waals surface area contributed by atoms with Crippen LogP contribution in [0.15, 0.2) is 48.5 Å². The molecule has 29 heavy (non-hydrogen) atoms. The molecule has 2 aromatic carbocycles. The molecule has 0 aliphatic carbocycles. The lowest BCUT2D eigenvalue weighted by atomic mass is 10.0. The Morgan fingerprint density at radius 2 is 1.86 bits per heavy atom. The molecule has 2 aliphatic rings. The van der Waals surface area contributed by atoms with E-state index in [1.54, 1.807) is 16.9 Å². The Morgan fingerprint density at radius 1 is 1.14 bits per heavy atom. The van der Waals surface area contributed by atoms with Crippen LogP contribution in [0.4, 0.5) is 5.69 Å². The van der Waals surface area contributed by atoms with Crippen molar-refractivity contribution in [3.8, 4) is 16.9 Å². The van der Waals surface area contributed by atoms with Crippen LogP contribution in [0.25, 0.3) is 11.1 Å². The number of piperazine rings is 1. The van der Waals surface area contributed by atoms with E-state index in [0.29, 0.717) is 18.7 Å². The summed E-state index contributed by atoms with van der Waals surface area (Å²) in [4.78, 5) is 29.4. The highest BCUT2D eigenvalue weighted by Crippen LogP contribution is 2.41. The minimum absolute atomic E-state index is 0.0375. The molecule has 0 spiro atoms. The number of hydrogen-bond donors (Lipinski definition) is 1. The molecule has 2 fully saturated rings. The van der Waals surface area contributed by atoms with Crippen molar-refractivity contribution in [3.05, 3.63) is 48.5 Å². The lowest BCUT2D eigenvalue weighted by Gasteiger charge is -2.36. The van der Waals surface area contributed by atoms with E-state index in [0.717, 1.165) is 16.8 Å². The smallest absolute Gasteiger partial charge is 0.250 e. The van der Waals surface area contributed by atoms with Gasteiger partial charge < -0.3 is 20.3 Å². The van der Waals surface area contributed by atoms with Gasteiger partial charge >= 0.3 is 0 Å². The number of rotatable bonds is 5. The van der Waals surface area contributed by atoms with Gasteiger partial charge in [-0.3, -0.25) is 9.59 Å². The van der Waals surface area contributed by atoms with Crippen molar-refractivity contribution in [2.75, 3.05) is 18.6 Å². The minimum Gasteiger partial charge on any atom is -0.495 e. The zero-order valence-electron chi connectivity index (χ0n) is 17.0. The molecule has 2 heterocycles. The van der Waals surface area contributed by atoms with E-state index in [9.17, 15) is 9.59 Å². The molecule has 0 unspecified atom stereocenters. The largest absolute Gasteiger partial charge is 0.495 e. The van der Waals surface area contributed by atoms with Crippen LogP contribution < -0.4 is 15.4 Å². The van der Waals surface area contributed by atoms with Crippen molar-refractivity contribution in [2.45, 2.75) is 38.4 Å². The third-order valence-electron chi connectivity index (χ3n) is 6.00. The van der Waals surface area contributed by atoms with Crippen molar-refractivity contribution in [2.24, 2.45) is 11.7 Å². The average molecular weight is 393 g/mol. The maximum Gasteiger partial charge on any atom is 0.250 e. The summed E-state index contributed by atoms with van der Waals surface area (Å²) < 4.78 is 5.55. The molecule has 2 amide bonds. The lowest BCUT2D eigenvalue weighted by molar-refractivity contribution is -0.140. The van der Waals surface area contributed by atoms with Gasteiger partial charge in [-0.1, -0.05) is 50.2 Å². The molecule has 4 rings (SSSR count). The van der Waals surface area contributed by atoms with E-state index < -0.39 is 12.1 Å². The van der Waals surface area contributed by atoms with E-state index >= 15 is 0 Å². The quantitative estimate of drug-likeness (QED) is 0.847. The molecule has 6 nitrogen and oxygen atoms in total. The number of likely N-dealkylation sites (tertiary alicyclic amines) is 1. The summed E-state index contributed by atoms with van der Waals surface area (Å²) in [6.45, 7) is 4.35. The number of ether oxygens (including phenoxy) is 1. The number of benzene rings is 2. The molecular weight excluding hydrogens is 366 g/mol. The number of fused-ring (bicyclic) bond motifs is 2. The Balaban J connectivity index is 1.64. The molecule has 2 bridgehead atoms. The Labute approximate surface area is 171 Å². The highest BCUT2D eigenvalue weighted by Gasteiger charge is 2.53. The maximum absolute atomic E-state index is 13.2. The van der Waals surface area contributed by atoms with E-state index in [-0.39, 0.29) is 23.8 Å². The van der Waals surface area contributed by atoms with Crippen LogP contribution in [0, 0.1) is 5.92 Å². The van der Waals surface area contributed by atoms with Crippen LogP contribution >= 0.6 is 0 Å². The van der Waals surface area contributed by atoms with E-state index in [4.69, 9.17) is 10.5 Å². The summed E-state index contributed by atoms with van der Waals surface area (Å²) in [7, 11) is 1.61. The first-order chi connectivity index (χ1) is 13.9. The maximum atomic E-state index is 13.2. The Bertz CT molecular complexity index is 928. The fourth-order valence-electron chi connectivity index (χ4n) is 4.30. The van der Waals surface area contributed by atoms with Gasteiger partial charge in [-0.2, -0.15) is 0 Å². The molecule has 6 heteroatoms. The minimum atomic E-state index is -0.577. The molecule has 2 aliphatic heterocycles. The van der Waals surface area contributed by atoms with Gasteiger partial charge in [0.1, 0.15) is 11.8 Å². The van der Waals surface area contributed by atoms with Gasteiger partial charge in [0.05, 0.1) is 24.9 Å². The first-order valence-electron chi connectivity index (χ1n) is 10.0. The van der Waals surface area contributed by atoms with Gasteiger partial charge in [-0.25, -0.2) is 0 Å². The third kappa shape index (κ3) is 3.27. The van der Waals surface area contributed by atoms with Crippen molar-refractivity contribution in [1.82, 2.24) is 4.90 Å². The molecule has 0 saturated carbocycles. The number of methoxy groups -OCH3 is 1. The molecule has 0 radical (unpaired) electrons. The number of carbonyl (C=O) groups excluding carboxylic acids is 2. The van der Waals surface area contributed by atoms with Gasteiger partial charge in [0.25, 0.3) is 0 Å². The van der Waals surface area contributed by atoms with Crippen molar-refractivity contribution >= 4 is 17.5 Å². The molecule has 2 N–H and O–H groups in total. The summed E-state index contributed by atoms with van der Waals surface area (Å²) in [5, 5.41) is 0. The normalized spacial score (nSPS) is 21.8. The predicted molar refractivity (Wildman–Crippen MR) is 113 cm³/mol. The number of nitrogens with two attached hydrogens (primary N) is 1. The number of carbonyl (C=O) groups is 2.